The van der Waals surface area contributed by atoms with Crippen molar-refractivity contribution in [1.82, 2.24) is 0 Å². The molecule has 0 radical (unpaired) electrons. The van der Waals surface area contributed by atoms with Crippen LogP contribution in [0.4, 0.5) is 5.69 Å². The van der Waals surface area contributed by atoms with E-state index in [-0.39, 0.29) is 6.61 Å². The van der Waals surface area contributed by atoms with E-state index in [1.54, 1.807) is 23.9 Å². The average Bonchev–Trinajstić information content (AvgIpc) is 2.27. The second-order valence-corrected chi connectivity index (χ2v) is 5.34. The van der Waals surface area contributed by atoms with Gasteiger partial charge in [0, 0.05) is 28.9 Å². The molecule has 0 saturated carbocycles. The molecule has 0 saturated heterocycles. The summed E-state index contributed by atoms with van der Waals surface area (Å²) in [6.45, 7) is 2.26. The molecule has 5 heteroatoms. The molecule has 1 aromatic rings. The number of primary amides is 1. The molecule has 0 aliphatic carbocycles. The van der Waals surface area contributed by atoms with Crippen LogP contribution in [0.3, 0.4) is 0 Å². The lowest BCUT2D eigenvalue weighted by Crippen LogP contribution is -2.11. The quantitative estimate of drug-likeness (QED) is 0.669. The summed E-state index contributed by atoms with van der Waals surface area (Å²) < 4.78 is 0. The van der Waals surface area contributed by atoms with Gasteiger partial charge in [0.2, 0.25) is 5.91 Å². The minimum absolute atomic E-state index is 0.199. The molecule has 1 unspecified atom stereocenters. The van der Waals surface area contributed by atoms with E-state index in [1.807, 2.05) is 6.07 Å². The van der Waals surface area contributed by atoms with E-state index in [2.05, 4.69) is 6.92 Å². The normalized spacial score (nSPS) is 12.4. The molecule has 5 N–H and O–H groups in total. The van der Waals surface area contributed by atoms with Gasteiger partial charge in [0.15, 0.2) is 0 Å². The third-order valence-electron chi connectivity index (χ3n) is 2.49. The van der Waals surface area contributed by atoms with Gasteiger partial charge >= 0.3 is 0 Å². The Balaban J connectivity index is 2.63. The third kappa shape index (κ3) is 4.28. The minimum atomic E-state index is -0.468. The Kier molecular flexibility index (Phi) is 5.31. The number of thioether (sulfide) groups is 1. The highest BCUT2D eigenvalue weighted by Crippen LogP contribution is 2.24. The molecule has 0 aliphatic rings. The summed E-state index contributed by atoms with van der Waals surface area (Å²) >= 11 is 1.73. The monoisotopic (exact) mass is 254 g/mol. The van der Waals surface area contributed by atoms with Crippen molar-refractivity contribution in [2.45, 2.75) is 24.3 Å². The zero-order chi connectivity index (χ0) is 12.8. The fourth-order valence-electron chi connectivity index (χ4n) is 1.38. The summed E-state index contributed by atoms with van der Waals surface area (Å²) in [6.07, 6.45) is 0.768. The predicted molar refractivity (Wildman–Crippen MR) is 71.8 cm³/mol. The Hall–Kier alpha value is -1.20. The van der Waals surface area contributed by atoms with E-state index in [0.29, 0.717) is 16.5 Å². The van der Waals surface area contributed by atoms with Crippen LogP contribution in [-0.4, -0.2) is 22.9 Å². The van der Waals surface area contributed by atoms with Crippen LogP contribution in [0.25, 0.3) is 0 Å². The highest BCUT2D eigenvalue weighted by Gasteiger charge is 2.07. The molecule has 0 bridgehead atoms. The van der Waals surface area contributed by atoms with E-state index >= 15 is 0 Å². The fourth-order valence-corrected chi connectivity index (χ4v) is 2.38. The number of aliphatic hydroxyl groups excluding tert-OH is 1. The van der Waals surface area contributed by atoms with Crippen molar-refractivity contribution < 1.29 is 9.90 Å². The van der Waals surface area contributed by atoms with Crippen LogP contribution in [-0.2, 0) is 5.75 Å². The smallest absolute Gasteiger partial charge is 0.248 e. The number of aliphatic hydroxyl groups is 1. The number of hydrogen-bond acceptors (Lipinski definition) is 4. The van der Waals surface area contributed by atoms with Crippen LogP contribution >= 0.6 is 11.8 Å². The highest BCUT2D eigenvalue weighted by atomic mass is 32.2. The van der Waals surface area contributed by atoms with Gasteiger partial charge in [-0.1, -0.05) is 13.0 Å². The number of nitrogens with two attached hydrogens (primary N) is 2. The summed E-state index contributed by atoms with van der Waals surface area (Å²) in [7, 11) is 0. The molecule has 1 atom stereocenters. The maximum absolute atomic E-state index is 10.9. The molecule has 94 valence electrons. The van der Waals surface area contributed by atoms with E-state index in [9.17, 15) is 4.79 Å². The molecule has 0 spiro atoms. The standard InChI is InChI=1S/C12H18N2O2S/c1-8(4-5-15)17-7-10-3-2-9(12(14)16)6-11(10)13/h2-3,6,8,15H,4-5,7,13H2,1H3,(H2,14,16). The van der Waals surface area contributed by atoms with Gasteiger partial charge in [0.1, 0.15) is 0 Å². The zero-order valence-corrected chi connectivity index (χ0v) is 10.7. The Morgan fingerprint density at radius 2 is 2.24 bits per heavy atom. The number of rotatable bonds is 6. The van der Waals surface area contributed by atoms with Gasteiger partial charge in [-0.05, 0) is 24.1 Å². The number of benzene rings is 1. The van der Waals surface area contributed by atoms with Crippen LogP contribution in [0.1, 0.15) is 29.3 Å². The number of nitrogen functional groups attached to an aromatic ring is 1. The Morgan fingerprint density at radius 1 is 1.53 bits per heavy atom. The Labute approximate surface area is 105 Å². The third-order valence-corrected chi connectivity index (χ3v) is 3.77. The summed E-state index contributed by atoms with van der Waals surface area (Å²) in [5.74, 6) is 0.302. The van der Waals surface area contributed by atoms with Gasteiger partial charge in [0.25, 0.3) is 0 Å². The van der Waals surface area contributed by atoms with Crippen LogP contribution in [0.2, 0.25) is 0 Å². The average molecular weight is 254 g/mol. The summed E-state index contributed by atoms with van der Waals surface area (Å²) in [4.78, 5) is 10.9. The van der Waals surface area contributed by atoms with Crippen LogP contribution < -0.4 is 11.5 Å². The number of carbonyl (C=O) groups excluding carboxylic acids is 1. The first-order chi connectivity index (χ1) is 8.04. The molecule has 17 heavy (non-hydrogen) atoms. The SMILES string of the molecule is CC(CCO)SCc1ccc(C(N)=O)cc1N. The molecule has 0 aliphatic heterocycles. The number of hydrogen-bond donors (Lipinski definition) is 3. The summed E-state index contributed by atoms with van der Waals surface area (Å²) in [5, 5.41) is 9.18. The molecule has 0 aromatic heterocycles. The maximum Gasteiger partial charge on any atom is 0.248 e. The van der Waals surface area contributed by atoms with Crippen LogP contribution in [0, 0.1) is 0 Å². The summed E-state index contributed by atoms with van der Waals surface area (Å²) in [5.41, 5.74) is 13.0. The topological polar surface area (TPSA) is 89.3 Å². The first-order valence-corrected chi connectivity index (χ1v) is 6.50. The van der Waals surface area contributed by atoms with Crippen molar-refractivity contribution in [2.24, 2.45) is 5.73 Å². The lowest BCUT2D eigenvalue weighted by molar-refractivity contribution is 0.100. The molecular weight excluding hydrogens is 236 g/mol. The lowest BCUT2D eigenvalue weighted by atomic mass is 10.1. The number of anilines is 1. The lowest BCUT2D eigenvalue weighted by Gasteiger charge is -2.11. The highest BCUT2D eigenvalue weighted by molar-refractivity contribution is 7.99. The molecule has 0 heterocycles. The number of amides is 1. The van der Waals surface area contributed by atoms with Crippen molar-refractivity contribution in [3.63, 3.8) is 0 Å². The van der Waals surface area contributed by atoms with Crippen molar-refractivity contribution in [3.8, 4) is 0 Å². The zero-order valence-electron chi connectivity index (χ0n) is 9.85. The van der Waals surface area contributed by atoms with E-state index in [4.69, 9.17) is 16.6 Å². The van der Waals surface area contributed by atoms with Crippen LogP contribution in [0.5, 0.6) is 0 Å². The van der Waals surface area contributed by atoms with Gasteiger partial charge in [-0.2, -0.15) is 11.8 Å². The van der Waals surface area contributed by atoms with E-state index in [1.165, 1.54) is 0 Å². The van der Waals surface area contributed by atoms with Gasteiger partial charge in [-0.3, -0.25) is 4.79 Å². The second-order valence-electron chi connectivity index (χ2n) is 3.91. The van der Waals surface area contributed by atoms with Gasteiger partial charge in [0.05, 0.1) is 0 Å². The summed E-state index contributed by atoms with van der Waals surface area (Å²) in [6, 6.07) is 5.12. The van der Waals surface area contributed by atoms with Gasteiger partial charge in [-0.25, -0.2) is 0 Å². The van der Waals surface area contributed by atoms with Gasteiger partial charge in [-0.15, -0.1) is 0 Å². The molecule has 0 fully saturated rings. The van der Waals surface area contributed by atoms with E-state index in [0.717, 1.165) is 17.7 Å². The van der Waals surface area contributed by atoms with Crippen molar-refractivity contribution in [2.75, 3.05) is 12.3 Å². The Morgan fingerprint density at radius 3 is 2.76 bits per heavy atom. The van der Waals surface area contributed by atoms with Crippen molar-refractivity contribution >= 4 is 23.4 Å². The number of carbonyl (C=O) groups is 1. The maximum atomic E-state index is 10.9. The van der Waals surface area contributed by atoms with Crippen molar-refractivity contribution in [1.29, 1.82) is 0 Å². The predicted octanol–water partition coefficient (Wildman–Crippen LogP) is 1.37. The first kappa shape index (κ1) is 13.9. The molecule has 1 aromatic carbocycles. The van der Waals surface area contributed by atoms with E-state index < -0.39 is 5.91 Å². The molecule has 1 amide bonds. The Bertz CT molecular complexity index is 396. The second kappa shape index (κ2) is 6.51. The minimum Gasteiger partial charge on any atom is -0.398 e. The molecule has 4 nitrogen and oxygen atoms in total. The van der Waals surface area contributed by atoms with Crippen LogP contribution in [0.15, 0.2) is 18.2 Å². The largest absolute Gasteiger partial charge is 0.398 e. The fraction of sp³-hybridized carbons (Fsp3) is 0.417. The van der Waals surface area contributed by atoms with Gasteiger partial charge < -0.3 is 16.6 Å². The molecular formula is C12H18N2O2S. The van der Waals surface area contributed by atoms with Crippen molar-refractivity contribution in [3.05, 3.63) is 29.3 Å². The molecule has 1 rings (SSSR count). The first-order valence-electron chi connectivity index (χ1n) is 5.45.